The van der Waals surface area contributed by atoms with Crippen molar-refractivity contribution < 1.29 is 4.74 Å². The fraction of sp³-hybridized carbons (Fsp3) is 0.200. The molecule has 4 rings (SSSR count). The molecular weight excluding hydrogens is 427 g/mol. The first-order valence-electron chi connectivity index (χ1n) is 9.05. The molecule has 0 amide bonds. The molecule has 0 aliphatic rings. The van der Waals surface area contributed by atoms with Crippen LogP contribution in [0.3, 0.4) is 0 Å². The number of aromatic nitrogens is 6. The predicted octanol–water partition coefficient (Wildman–Crippen LogP) is 3.56. The minimum Gasteiger partial charge on any atom is -0.487 e. The molecule has 0 saturated carbocycles. The van der Waals surface area contributed by atoms with Crippen molar-refractivity contribution in [3.8, 4) is 22.7 Å². The van der Waals surface area contributed by atoms with E-state index in [1.807, 2.05) is 32.3 Å². The van der Waals surface area contributed by atoms with Crippen molar-refractivity contribution in [2.45, 2.75) is 13.5 Å². The topological polar surface area (TPSA) is 79.8 Å². The molecule has 154 valence electrons. The number of benzene rings is 2. The van der Waals surface area contributed by atoms with E-state index in [1.54, 1.807) is 28.9 Å². The van der Waals surface area contributed by atoms with E-state index >= 15 is 0 Å². The van der Waals surface area contributed by atoms with E-state index < -0.39 is 0 Å². The molecule has 0 unspecified atom stereocenters. The molecule has 0 spiro atoms. The molecule has 0 atom stereocenters. The van der Waals surface area contributed by atoms with E-state index in [4.69, 9.17) is 27.9 Å². The Labute approximate surface area is 182 Å². The van der Waals surface area contributed by atoms with Gasteiger partial charge in [-0.15, -0.1) is 0 Å². The highest BCUT2D eigenvalue weighted by Crippen LogP contribution is 2.32. The van der Waals surface area contributed by atoms with Crippen LogP contribution in [0.25, 0.3) is 16.9 Å². The molecule has 30 heavy (non-hydrogen) atoms. The van der Waals surface area contributed by atoms with Crippen molar-refractivity contribution in [3.05, 3.63) is 74.3 Å². The van der Waals surface area contributed by atoms with Crippen molar-refractivity contribution in [1.82, 2.24) is 29.6 Å². The summed E-state index contributed by atoms with van der Waals surface area (Å²) in [5, 5.41) is 13.0. The van der Waals surface area contributed by atoms with Crippen LogP contribution in [0.2, 0.25) is 10.0 Å². The summed E-state index contributed by atoms with van der Waals surface area (Å²) in [7, 11) is 3.40. The van der Waals surface area contributed by atoms with Gasteiger partial charge < -0.3 is 4.74 Å². The van der Waals surface area contributed by atoms with E-state index in [2.05, 4.69) is 15.5 Å². The monoisotopic (exact) mass is 444 g/mol. The van der Waals surface area contributed by atoms with Gasteiger partial charge in [0.1, 0.15) is 12.4 Å². The van der Waals surface area contributed by atoms with Crippen molar-refractivity contribution in [2.75, 3.05) is 0 Å². The normalized spacial score (nSPS) is 11.1. The highest BCUT2D eigenvalue weighted by molar-refractivity contribution is 6.32. The van der Waals surface area contributed by atoms with Gasteiger partial charge in [-0.2, -0.15) is 14.5 Å². The molecule has 0 radical (unpaired) electrons. The number of nitrogens with zero attached hydrogens (tertiary/aromatic N) is 6. The van der Waals surface area contributed by atoms with E-state index in [9.17, 15) is 4.79 Å². The smallest absolute Gasteiger partial charge is 0.368 e. The Kier molecular flexibility index (Phi) is 5.36. The van der Waals surface area contributed by atoms with Gasteiger partial charge in [-0.1, -0.05) is 29.3 Å². The third-order valence-corrected chi connectivity index (χ3v) is 5.28. The average molecular weight is 445 g/mol. The van der Waals surface area contributed by atoms with Gasteiger partial charge >= 0.3 is 5.69 Å². The maximum absolute atomic E-state index is 12.3. The molecule has 0 N–H and O–H groups in total. The molecule has 8 nitrogen and oxygen atoms in total. The Morgan fingerprint density at radius 2 is 1.87 bits per heavy atom. The van der Waals surface area contributed by atoms with Gasteiger partial charge in [0.2, 0.25) is 0 Å². The maximum Gasteiger partial charge on any atom is 0.368 e. The molecule has 10 heteroatoms. The lowest BCUT2D eigenvalue weighted by Crippen LogP contribution is -2.23. The number of ether oxygens (including phenoxy) is 1. The number of aryl methyl sites for hydroxylation is 3. The van der Waals surface area contributed by atoms with Crippen LogP contribution in [-0.4, -0.2) is 29.6 Å². The van der Waals surface area contributed by atoms with Crippen LogP contribution in [0.4, 0.5) is 0 Å². The average Bonchev–Trinajstić information content (AvgIpc) is 3.22. The zero-order valence-corrected chi connectivity index (χ0v) is 18.0. The summed E-state index contributed by atoms with van der Waals surface area (Å²) in [4.78, 5) is 12.3. The van der Waals surface area contributed by atoms with Gasteiger partial charge in [-0.25, -0.2) is 4.79 Å². The molecule has 0 bridgehead atoms. The fourth-order valence-electron chi connectivity index (χ4n) is 3.16. The summed E-state index contributed by atoms with van der Waals surface area (Å²) in [5.41, 5.74) is 3.53. The first kappa shape index (κ1) is 20.2. The van der Waals surface area contributed by atoms with Crippen LogP contribution >= 0.6 is 23.2 Å². The van der Waals surface area contributed by atoms with Crippen molar-refractivity contribution in [2.24, 2.45) is 14.1 Å². The number of halogens is 2. The predicted molar refractivity (Wildman–Crippen MR) is 114 cm³/mol. The van der Waals surface area contributed by atoms with Gasteiger partial charge in [0.25, 0.3) is 0 Å². The molecule has 0 fully saturated rings. The molecule has 2 aromatic carbocycles. The third kappa shape index (κ3) is 3.71. The largest absolute Gasteiger partial charge is 0.487 e. The highest BCUT2D eigenvalue weighted by atomic mass is 35.5. The summed E-state index contributed by atoms with van der Waals surface area (Å²) in [6.45, 7) is 2.09. The summed E-state index contributed by atoms with van der Waals surface area (Å²) in [6.07, 6.45) is 1.95. The molecule has 0 aliphatic heterocycles. The maximum atomic E-state index is 12.3. The molecular formula is C20H18Cl2N6O2. The number of hydrogen-bond donors (Lipinski definition) is 0. The van der Waals surface area contributed by atoms with Gasteiger partial charge in [0.15, 0.2) is 0 Å². The quantitative estimate of drug-likeness (QED) is 0.470. The molecule has 0 aliphatic carbocycles. The van der Waals surface area contributed by atoms with Crippen molar-refractivity contribution in [3.63, 3.8) is 0 Å². The van der Waals surface area contributed by atoms with Crippen LogP contribution in [0.15, 0.2) is 47.4 Å². The van der Waals surface area contributed by atoms with Gasteiger partial charge in [-0.3, -0.25) is 4.68 Å². The SMILES string of the molecule is Cc1cn(C)nc1-c1ccc(OCc2c(Cl)cccc2-n2nnn(C)c2=O)c(Cl)c1. The highest BCUT2D eigenvalue weighted by Gasteiger charge is 2.16. The lowest BCUT2D eigenvalue weighted by Gasteiger charge is -2.13. The van der Waals surface area contributed by atoms with E-state index in [-0.39, 0.29) is 12.3 Å². The molecule has 2 aromatic heterocycles. The van der Waals surface area contributed by atoms with E-state index in [0.29, 0.717) is 27.0 Å². The summed E-state index contributed by atoms with van der Waals surface area (Å²) >= 11 is 12.8. The summed E-state index contributed by atoms with van der Waals surface area (Å²) in [5.74, 6) is 0.492. The zero-order valence-electron chi connectivity index (χ0n) is 16.5. The first-order valence-corrected chi connectivity index (χ1v) is 9.80. The summed E-state index contributed by atoms with van der Waals surface area (Å²) < 4.78 is 10.0. The van der Waals surface area contributed by atoms with Gasteiger partial charge in [-0.05, 0) is 53.2 Å². The van der Waals surface area contributed by atoms with Crippen molar-refractivity contribution in [1.29, 1.82) is 0 Å². The Balaban J connectivity index is 1.62. The number of tetrazole rings is 1. The van der Waals surface area contributed by atoms with Gasteiger partial charge in [0.05, 0.1) is 16.4 Å². The minimum atomic E-state index is -0.383. The lowest BCUT2D eigenvalue weighted by molar-refractivity contribution is 0.306. The fourth-order valence-corrected chi connectivity index (χ4v) is 3.62. The summed E-state index contributed by atoms with van der Waals surface area (Å²) in [6, 6.07) is 10.7. The lowest BCUT2D eigenvalue weighted by atomic mass is 10.1. The second-order valence-corrected chi connectivity index (χ2v) is 7.62. The van der Waals surface area contributed by atoms with E-state index in [0.717, 1.165) is 21.5 Å². The Morgan fingerprint density at radius 3 is 2.50 bits per heavy atom. The third-order valence-electron chi connectivity index (χ3n) is 4.63. The minimum absolute atomic E-state index is 0.0969. The Morgan fingerprint density at radius 1 is 1.07 bits per heavy atom. The standard InChI is InChI=1S/C20H18Cl2N6O2/c1-12-10-26(2)23-19(12)13-7-8-18(16(22)9-13)30-11-14-15(21)5-4-6-17(14)28-20(29)27(3)24-25-28/h4-10H,11H2,1-3H3. The van der Waals surface area contributed by atoms with Crippen LogP contribution in [0.1, 0.15) is 11.1 Å². The number of rotatable bonds is 5. The molecule has 2 heterocycles. The van der Waals surface area contributed by atoms with Crippen LogP contribution in [-0.2, 0) is 20.7 Å². The first-order chi connectivity index (χ1) is 14.3. The Bertz CT molecular complexity index is 1290. The number of hydrogen-bond acceptors (Lipinski definition) is 5. The Hall–Kier alpha value is -3.10. The van der Waals surface area contributed by atoms with Crippen LogP contribution in [0.5, 0.6) is 5.75 Å². The van der Waals surface area contributed by atoms with Crippen LogP contribution in [0, 0.1) is 6.92 Å². The van der Waals surface area contributed by atoms with Crippen molar-refractivity contribution >= 4 is 23.2 Å². The second kappa shape index (κ2) is 7.97. The molecule has 4 aromatic rings. The van der Waals surface area contributed by atoms with E-state index in [1.165, 1.54) is 11.7 Å². The molecule has 0 saturated heterocycles. The second-order valence-electron chi connectivity index (χ2n) is 6.80. The zero-order chi connectivity index (χ0) is 21.4. The van der Waals surface area contributed by atoms with Gasteiger partial charge in [0, 0.05) is 36.4 Å². The van der Waals surface area contributed by atoms with Crippen LogP contribution < -0.4 is 10.4 Å².